The van der Waals surface area contributed by atoms with Gasteiger partial charge in [0.25, 0.3) is 0 Å². The molecule has 0 unspecified atom stereocenters. The average molecular weight is 201 g/mol. The first-order valence-electron chi connectivity index (χ1n) is 3.71. The Kier molecular flexibility index (Phi) is 3.28. The number of aliphatic hydroxyl groups excluding tert-OH is 1. The molecule has 1 aromatic carbocycles. The highest BCUT2D eigenvalue weighted by molar-refractivity contribution is 6.30. The van der Waals surface area contributed by atoms with Crippen molar-refractivity contribution in [3.8, 4) is 5.75 Å². The van der Waals surface area contributed by atoms with E-state index in [4.69, 9.17) is 21.4 Å². The number of aliphatic hydroxyl groups is 1. The molecule has 0 radical (unpaired) electrons. The number of halogens is 1. The largest absolute Gasteiger partial charge is 0.425 e. The standard InChI is InChI=1S/C9H9ClO3/c1-6-4-7(10)2-3-8(6)13-9(12)5-11/h2-4,11H,5H2,1H3. The van der Waals surface area contributed by atoms with E-state index in [0.29, 0.717) is 10.8 Å². The molecular formula is C9H9ClO3. The fourth-order valence-corrected chi connectivity index (χ4v) is 1.11. The SMILES string of the molecule is Cc1cc(Cl)ccc1OC(=O)CO. The third-order valence-electron chi connectivity index (χ3n) is 1.49. The summed E-state index contributed by atoms with van der Waals surface area (Å²) in [6, 6.07) is 4.89. The molecule has 0 fully saturated rings. The first-order valence-corrected chi connectivity index (χ1v) is 4.09. The second kappa shape index (κ2) is 4.25. The topological polar surface area (TPSA) is 46.5 Å². The molecule has 1 aromatic rings. The van der Waals surface area contributed by atoms with Crippen molar-refractivity contribution in [3.63, 3.8) is 0 Å². The zero-order valence-corrected chi connectivity index (χ0v) is 7.84. The van der Waals surface area contributed by atoms with Crippen LogP contribution in [0.25, 0.3) is 0 Å². The maximum atomic E-state index is 10.7. The molecule has 3 nitrogen and oxygen atoms in total. The van der Waals surface area contributed by atoms with Crippen LogP contribution in [0, 0.1) is 6.92 Å². The summed E-state index contributed by atoms with van der Waals surface area (Å²) >= 11 is 5.70. The van der Waals surface area contributed by atoms with Gasteiger partial charge >= 0.3 is 5.97 Å². The quantitative estimate of drug-likeness (QED) is 0.582. The molecule has 13 heavy (non-hydrogen) atoms. The van der Waals surface area contributed by atoms with Gasteiger partial charge in [-0.15, -0.1) is 0 Å². The Labute approximate surface area is 80.9 Å². The van der Waals surface area contributed by atoms with Crippen LogP contribution >= 0.6 is 11.6 Å². The predicted molar refractivity (Wildman–Crippen MR) is 48.9 cm³/mol. The number of esters is 1. The maximum absolute atomic E-state index is 10.7. The Bertz CT molecular complexity index is 323. The van der Waals surface area contributed by atoms with E-state index in [9.17, 15) is 4.79 Å². The zero-order valence-electron chi connectivity index (χ0n) is 7.08. The highest BCUT2D eigenvalue weighted by Crippen LogP contribution is 2.21. The molecule has 0 atom stereocenters. The van der Waals surface area contributed by atoms with Crippen LogP contribution < -0.4 is 4.74 Å². The van der Waals surface area contributed by atoms with Crippen molar-refractivity contribution in [2.24, 2.45) is 0 Å². The molecule has 0 saturated carbocycles. The van der Waals surface area contributed by atoms with Gasteiger partial charge in [-0.1, -0.05) is 11.6 Å². The Morgan fingerprint density at radius 3 is 2.85 bits per heavy atom. The smallest absolute Gasteiger partial charge is 0.337 e. The third kappa shape index (κ3) is 2.72. The molecule has 4 heteroatoms. The molecule has 1 rings (SSSR count). The zero-order chi connectivity index (χ0) is 9.84. The molecule has 0 aliphatic carbocycles. The lowest BCUT2D eigenvalue weighted by Gasteiger charge is -2.05. The van der Waals surface area contributed by atoms with Gasteiger partial charge in [-0.3, -0.25) is 0 Å². The van der Waals surface area contributed by atoms with Gasteiger partial charge in [-0.25, -0.2) is 4.79 Å². The summed E-state index contributed by atoms with van der Waals surface area (Å²) in [5.41, 5.74) is 0.759. The summed E-state index contributed by atoms with van der Waals surface area (Å²) in [6.45, 7) is 1.15. The lowest BCUT2D eigenvalue weighted by Crippen LogP contribution is -2.12. The summed E-state index contributed by atoms with van der Waals surface area (Å²) in [5, 5.41) is 9.03. The molecule has 0 aliphatic rings. The highest BCUT2D eigenvalue weighted by Gasteiger charge is 2.05. The minimum atomic E-state index is -0.676. The van der Waals surface area contributed by atoms with Crippen molar-refractivity contribution < 1.29 is 14.6 Å². The molecule has 0 spiro atoms. The minimum absolute atomic E-state index is 0.420. The maximum Gasteiger partial charge on any atom is 0.337 e. The van der Waals surface area contributed by atoms with E-state index in [-0.39, 0.29) is 0 Å². The van der Waals surface area contributed by atoms with Gasteiger partial charge in [0.1, 0.15) is 12.4 Å². The first kappa shape index (κ1) is 10.0. The van der Waals surface area contributed by atoms with Crippen molar-refractivity contribution >= 4 is 17.6 Å². The van der Waals surface area contributed by atoms with E-state index in [2.05, 4.69) is 0 Å². The number of aryl methyl sites for hydroxylation is 1. The molecule has 1 N–H and O–H groups in total. The third-order valence-corrected chi connectivity index (χ3v) is 1.72. The van der Waals surface area contributed by atoms with Crippen LogP contribution in [0.3, 0.4) is 0 Å². The molecule has 0 amide bonds. The van der Waals surface area contributed by atoms with Gasteiger partial charge in [-0.2, -0.15) is 0 Å². The van der Waals surface area contributed by atoms with E-state index in [1.807, 2.05) is 0 Å². The van der Waals surface area contributed by atoms with Crippen LogP contribution in [0.5, 0.6) is 5.75 Å². The summed E-state index contributed by atoms with van der Waals surface area (Å²) in [5.74, 6) is -0.256. The Balaban J connectivity index is 2.83. The van der Waals surface area contributed by atoms with E-state index in [1.54, 1.807) is 25.1 Å². The van der Waals surface area contributed by atoms with Crippen LogP contribution in [-0.4, -0.2) is 17.7 Å². The van der Waals surface area contributed by atoms with Crippen molar-refractivity contribution in [2.45, 2.75) is 6.92 Å². The second-order valence-corrected chi connectivity index (χ2v) is 2.98. The number of ether oxygens (including phenoxy) is 1. The highest BCUT2D eigenvalue weighted by atomic mass is 35.5. The predicted octanol–water partition coefficient (Wildman–Crippen LogP) is 1.55. The fraction of sp³-hybridized carbons (Fsp3) is 0.222. The molecule has 70 valence electrons. The van der Waals surface area contributed by atoms with E-state index in [1.165, 1.54) is 0 Å². The van der Waals surface area contributed by atoms with Gasteiger partial charge in [0, 0.05) is 5.02 Å². The van der Waals surface area contributed by atoms with Gasteiger partial charge < -0.3 is 9.84 Å². The summed E-state index contributed by atoms with van der Waals surface area (Å²) < 4.78 is 4.80. The molecule has 0 saturated heterocycles. The Morgan fingerprint density at radius 1 is 1.62 bits per heavy atom. The number of benzene rings is 1. The average Bonchev–Trinajstić information content (AvgIpc) is 2.09. The molecular weight excluding hydrogens is 192 g/mol. The van der Waals surface area contributed by atoms with Crippen molar-refractivity contribution in [2.75, 3.05) is 6.61 Å². The number of hydrogen-bond donors (Lipinski definition) is 1. The van der Waals surface area contributed by atoms with E-state index in [0.717, 1.165) is 5.56 Å². The summed E-state index contributed by atoms with van der Waals surface area (Å²) in [6.07, 6.45) is 0. The van der Waals surface area contributed by atoms with Crippen molar-refractivity contribution in [3.05, 3.63) is 28.8 Å². The van der Waals surface area contributed by atoms with Gasteiger partial charge in [0.15, 0.2) is 0 Å². The first-order chi connectivity index (χ1) is 6.13. The second-order valence-electron chi connectivity index (χ2n) is 2.54. The Hall–Kier alpha value is -1.06. The fourth-order valence-electron chi connectivity index (χ4n) is 0.882. The van der Waals surface area contributed by atoms with Crippen LogP contribution in [0.15, 0.2) is 18.2 Å². The number of hydrogen-bond acceptors (Lipinski definition) is 3. The van der Waals surface area contributed by atoms with E-state index < -0.39 is 12.6 Å². The minimum Gasteiger partial charge on any atom is -0.425 e. The molecule has 0 aliphatic heterocycles. The van der Waals surface area contributed by atoms with Crippen LogP contribution in [-0.2, 0) is 4.79 Å². The number of carbonyl (C=O) groups is 1. The van der Waals surface area contributed by atoms with Crippen molar-refractivity contribution in [1.29, 1.82) is 0 Å². The Morgan fingerprint density at radius 2 is 2.31 bits per heavy atom. The summed E-state index contributed by atoms with van der Waals surface area (Å²) in [4.78, 5) is 10.7. The van der Waals surface area contributed by atoms with Crippen molar-refractivity contribution in [1.82, 2.24) is 0 Å². The van der Waals surface area contributed by atoms with E-state index >= 15 is 0 Å². The molecule has 0 aromatic heterocycles. The van der Waals surface area contributed by atoms with Crippen LogP contribution in [0.2, 0.25) is 5.02 Å². The van der Waals surface area contributed by atoms with Gasteiger partial charge in [-0.05, 0) is 30.7 Å². The normalized spacial score (nSPS) is 9.77. The number of rotatable bonds is 2. The van der Waals surface area contributed by atoms with Gasteiger partial charge in [0.2, 0.25) is 0 Å². The summed E-state index contributed by atoms with van der Waals surface area (Å²) in [7, 11) is 0. The lowest BCUT2D eigenvalue weighted by molar-refractivity contribution is -0.137. The molecule has 0 heterocycles. The monoisotopic (exact) mass is 200 g/mol. The van der Waals surface area contributed by atoms with Crippen LogP contribution in [0.1, 0.15) is 5.56 Å². The van der Waals surface area contributed by atoms with Crippen LogP contribution in [0.4, 0.5) is 0 Å². The van der Waals surface area contributed by atoms with Gasteiger partial charge in [0.05, 0.1) is 0 Å². The number of carbonyl (C=O) groups excluding carboxylic acids is 1. The lowest BCUT2D eigenvalue weighted by atomic mass is 10.2. The molecule has 0 bridgehead atoms.